The molecule has 1 aromatic heterocycles. The lowest BCUT2D eigenvalue weighted by atomic mass is 9.80. The largest absolute Gasteiger partial charge is 0.340 e. The van der Waals surface area contributed by atoms with Crippen molar-refractivity contribution in [2.75, 3.05) is 49.5 Å². The standard InChI is InChI=1S/C28H32ClFN6O2S/c1-35-12-14-36(15-13-35)28(9-4-3-5-10-28)11-8-20-16-26-22(18-25(20)34-39(2,37)38)27(32-19-31-26)33-21-6-7-24(30)23(29)17-21/h6-7,16-19,34H,3-5,9-10,12-15H2,1-2H3,(H,31,32,33). The zero-order valence-corrected chi connectivity index (χ0v) is 23.7. The third-order valence-corrected chi connectivity index (χ3v) is 8.35. The topological polar surface area (TPSA) is 90.5 Å². The molecule has 2 aromatic carbocycles. The summed E-state index contributed by atoms with van der Waals surface area (Å²) in [4.78, 5) is 13.6. The number of benzene rings is 2. The van der Waals surface area contributed by atoms with Crippen molar-refractivity contribution >= 4 is 49.7 Å². The first-order chi connectivity index (χ1) is 18.6. The molecule has 5 rings (SSSR count). The molecule has 0 amide bonds. The van der Waals surface area contributed by atoms with Gasteiger partial charge in [0.15, 0.2) is 0 Å². The normalized spacial score (nSPS) is 18.4. The van der Waals surface area contributed by atoms with Crippen LogP contribution in [0.1, 0.15) is 37.7 Å². The summed E-state index contributed by atoms with van der Waals surface area (Å²) in [6.45, 7) is 3.94. The fourth-order valence-electron chi connectivity index (χ4n) is 5.38. The van der Waals surface area contributed by atoms with Crippen molar-refractivity contribution in [3.63, 3.8) is 0 Å². The molecule has 2 aliphatic rings. The Hall–Kier alpha value is -2.97. The highest BCUT2D eigenvalue weighted by atomic mass is 35.5. The highest BCUT2D eigenvalue weighted by Gasteiger charge is 2.37. The van der Waals surface area contributed by atoms with E-state index in [0.717, 1.165) is 58.1 Å². The van der Waals surface area contributed by atoms with Crippen molar-refractivity contribution in [2.45, 2.75) is 37.6 Å². The molecule has 1 aliphatic heterocycles. The third kappa shape index (κ3) is 6.44. The van der Waals surface area contributed by atoms with Crippen molar-refractivity contribution in [2.24, 2.45) is 0 Å². The number of likely N-dealkylation sites (N-methyl/N-ethyl adjacent to an activating group) is 1. The molecule has 1 aliphatic carbocycles. The molecule has 2 fully saturated rings. The van der Waals surface area contributed by atoms with E-state index in [1.165, 1.54) is 24.9 Å². The zero-order chi connectivity index (χ0) is 27.6. The Balaban J connectivity index is 1.56. The maximum absolute atomic E-state index is 13.6. The molecule has 2 heterocycles. The van der Waals surface area contributed by atoms with Crippen LogP contribution < -0.4 is 10.0 Å². The van der Waals surface area contributed by atoms with Crippen LogP contribution in [0.15, 0.2) is 36.7 Å². The molecule has 0 spiro atoms. The number of halogens is 2. The number of sulfonamides is 1. The minimum Gasteiger partial charge on any atom is -0.340 e. The molecule has 0 bridgehead atoms. The zero-order valence-electron chi connectivity index (χ0n) is 22.1. The highest BCUT2D eigenvalue weighted by molar-refractivity contribution is 7.92. The molecule has 0 atom stereocenters. The quantitative estimate of drug-likeness (QED) is 0.424. The van der Waals surface area contributed by atoms with E-state index >= 15 is 0 Å². The minimum absolute atomic E-state index is 0.0210. The first-order valence-electron chi connectivity index (χ1n) is 13.1. The van der Waals surface area contributed by atoms with E-state index in [1.54, 1.807) is 18.2 Å². The van der Waals surface area contributed by atoms with E-state index in [1.807, 2.05) is 0 Å². The summed E-state index contributed by atoms with van der Waals surface area (Å²) in [5, 5.41) is 3.70. The Labute approximate surface area is 234 Å². The van der Waals surface area contributed by atoms with Crippen LogP contribution in [0.3, 0.4) is 0 Å². The highest BCUT2D eigenvalue weighted by Crippen LogP contribution is 2.35. The second kappa shape index (κ2) is 11.3. The Morgan fingerprint density at radius 3 is 2.49 bits per heavy atom. The molecule has 0 radical (unpaired) electrons. The van der Waals surface area contributed by atoms with Gasteiger partial charge in [-0.2, -0.15) is 0 Å². The van der Waals surface area contributed by atoms with Gasteiger partial charge >= 0.3 is 0 Å². The van der Waals surface area contributed by atoms with E-state index in [0.29, 0.717) is 33.7 Å². The summed E-state index contributed by atoms with van der Waals surface area (Å²) in [5.41, 5.74) is 1.82. The Bertz CT molecular complexity index is 1540. The predicted molar refractivity (Wildman–Crippen MR) is 154 cm³/mol. The number of aromatic nitrogens is 2. The number of nitrogens with one attached hydrogen (secondary N) is 2. The lowest BCUT2D eigenvalue weighted by Crippen LogP contribution is -2.56. The summed E-state index contributed by atoms with van der Waals surface area (Å²) < 4.78 is 40.9. The second-order valence-electron chi connectivity index (χ2n) is 10.4. The fraction of sp³-hybridized carbons (Fsp3) is 0.429. The Morgan fingerprint density at radius 1 is 1.05 bits per heavy atom. The number of anilines is 3. The van der Waals surface area contributed by atoms with E-state index in [2.05, 4.69) is 48.7 Å². The van der Waals surface area contributed by atoms with Gasteiger partial charge in [-0.1, -0.05) is 42.7 Å². The Kier molecular flexibility index (Phi) is 7.96. The molecule has 2 N–H and O–H groups in total. The molecule has 0 unspecified atom stereocenters. The maximum atomic E-state index is 13.6. The SMILES string of the molecule is CN1CCN(C2(C#Cc3cc4ncnc(Nc5ccc(F)c(Cl)c5)c4cc3NS(C)(=O)=O)CCCCC2)CC1. The van der Waals surface area contributed by atoms with Crippen LogP contribution in [0.2, 0.25) is 5.02 Å². The van der Waals surface area contributed by atoms with Crippen LogP contribution in [0.25, 0.3) is 10.9 Å². The van der Waals surface area contributed by atoms with Gasteiger partial charge < -0.3 is 10.2 Å². The minimum atomic E-state index is -3.59. The number of rotatable bonds is 5. The Morgan fingerprint density at radius 2 is 1.79 bits per heavy atom. The molecule has 3 aromatic rings. The van der Waals surface area contributed by atoms with Gasteiger partial charge in [-0.05, 0) is 50.2 Å². The lowest BCUT2D eigenvalue weighted by Gasteiger charge is -2.46. The summed E-state index contributed by atoms with van der Waals surface area (Å²) in [5.74, 6) is 6.87. The van der Waals surface area contributed by atoms with Gasteiger partial charge in [0.05, 0.1) is 33.6 Å². The number of hydrogen-bond acceptors (Lipinski definition) is 7. The number of piperazine rings is 1. The molecule has 206 valence electrons. The van der Waals surface area contributed by atoms with E-state index in [9.17, 15) is 12.8 Å². The maximum Gasteiger partial charge on any atom is 0.229 e. The second-order valence-corrected chi connectivity index (χ2v) is 12.6. The summed E-state index contributed by atoms with van der Waals surface area (Å²) >= 11 is 5.94. The van der Waals surface area contributed by atoms with Crippen molar-refractivity contribution in [3.05, 3.63) is 53.1 Å². The van der Waals surface area contributed by atoms with Gasteiger partial charge in [-0.15, -0.1) is 0 Å². The van der Waals surface area contributed by atoms with Gasteiger partial charge in [-0.25, -0.2) is 22.8 Å². The van der Waals surface area contributed by atoms with Crippen molar-refractivity contribution in [1.29, 1.82) is 0 Å². The fourth-order valence-corrected chi connectivity index (χ4v) is 6.12. The lowest BCUT2D eigenvalue weighted by molar-refractivity contribution is 0.0513. The van der Waals surface area contributed by atoms with Gasteiger partial charge in [0.1, 0.15) is 18.0 Å². The van der Waals surface area contributed by atoms with E-state index in [-0.39, 0.29) is 10.6 Å². The molecule has 1 saturated heterocycles. The van der Waals surface area contributed by atoms with Gasteiger partial charge in [0.25, 0.3) is 0 Å². The first kappa shape index (κ1) is 27.6. The number of nitrogens with zero attached hydrogens (tertiary/aromatic N) is 4. The van der Waals surface area contributed by atoms with Crippen LogP contribution in [-0.4, -0.2) is 73.2 Å². The molecule has 39 heavy (non-hydrogen) atoms. The number of hydrogen-bond donors (Lipinski definition) is 2. The van der Waals surface area contributed by atoms with Crippen LogP contribution in [0.4, 0.5) is 21.6 Å². The summed E-state index contributed by atoms with van der Waals surface area (Å²) in [6.07, 6.45) is 8.00. The van der Waals surface area contributed by atoms with Gasteiger partial charge in [0.2, 0.25) is 10.0 Å². The van der Waals surface area contributed by atoms with E-state index in [4.69, 9.17) is 11.6 Å². The average molecular weight is 571 g/mol. The van der Waals surface area contributed by atoms with Crippen LogP contribution in [0, 0.1) is 17.7 Å². The monoisotopic (exact) mass is 570 g/mol. The number of fused-ring (bicyclic) bond motifs is 1. The predicted octanol–water partition coefficient (Wildman–Crippen LogP) is 4.84. The molecular weight excluding hydrogens is 539 g/mol. The summed E-state index contributed by atoms with van der Waals surface area (Å²) in [6, 6.07) is 7.76. The van der Waals surface area contributed by atoms with E-state index < -0.39 is 15.8 Å². The molecular formula is C28H32ClFN6O2S. The molecule has 8 nitrogen and oxygen atoms in total. The van der Waals surface area contributed by atoms with Gasteiger partial charge in [0, 0.05) is 37.3 Å². The van der Waals surface area contributed by atoms with Crippen LogP contribution in [0.5, 0.6) is 0 Å². The van der Waals surface area contributed by atoms with Crippen molar-refractivity contribution in [1.82, 2.24) is 19.8 Å². The molecule has 1 saturated carbocycles. The van der Waals surface area contributed by atoms with Crippen molar-refractivity contribution in [3.8, 4) is 11.8 Å². The molecule has 11 heteroatoms. The average Bonchev–Trinajstić information content (AvgIpc) is 2.90. The van der Waals surface area contributed by atoms with Crippen molar-refractivity contribution < 1.29 is 12.8 Å². The third-order valence-electron chi connectivity index (χ3n) is 7.47. The van der Waals surface area contributed by atoms with Crippen LogP contribution in [-0.2, 0) is 10.0 Å². The smallest absolute Gasteiger partial charge is 0.229 e. The van der Waals surface area contributed by atoms with Crippen LogP contribution >= 0.6 is 11.6 Å². The summed E-state index contributed by atoms with van der Waals surface area (Å²) in [7, 11) is -1.45. The first-order valence-corrected chi connectivity index (χ1v) is 15.3. The van der Waals surface area contributed by atoms with Gasteiger partial charge in [-0.3, -0.25) is 9.62 Å².